The van der Waals surface area contributed by atoms with Crippen LogP contribution in [0.5, 0.6) is 0 Å². The predicted octanol–water partition coefficient (Wildman–Crippen LogP) is 4.96. The number of carbonyl (C=O) groups is 2. The number of amides is 2. The number of halogens is 3. The molecule has 0 fully saturated rings. The average Bonchev–Trinajstić information content (AvgIpc) is 3.36. The van der Waals surface area contributed by atoms with Gasteiger partial charge in [-0.3, -0.25) is 24.4 Å². The van der Waals surface area contributed by atoms with Crippen molar-refractivity contribution in [3.63, 3.8) is 0 Å². The molecule has 5 rings (SSSR count). The molecule has 3 heterocycles. The van der Waals surface area contributed by atoms with Gasteiger partial charge in [0.25, 0.3) is 17.2 Å². The number of nitrogens with one attached hydrogen (secondary N) is 1. The second-order valence-corrected chi connectivity index (χ2v) is 9.94. The maximum Gasteiger partial charge on any atom is 0.327 e. The first kappa shape index (κ1) is 25.6. The highest BCUT2D eigenvalue weighted by Gasteiger charge is 2.47. The van der Waals surface area contributed by atoms with E-state index in [1.807, 2.05) is 13.8 Å². The molecule has 4 aromatic rings. The molecule has 0 aliphatic carbocycles. The van der Waals surface area contributed by atoms with Gasteiger partial charge in [0.1, 0.15) is 11.4 Å². The summed E-state index contributed by atoms with van der Waals surface area (Å²) in [6.07, 6.45) is 3.28. The third-order valence-electron chi connectivity index (χ3n) is 6.28. The number of benzene rings is 2. The van der Waals surface area contributed by atoms with Gasteiger partial charge in [-0.1, -0.05) is 55.2 Å². The van der Waals surface area contributed by atoms with Crippen LogP contribution in [0.15, 0.2) is 77.9 Å². The third kappa shape index (κ3) is 4.46. The summed E-state index contributed by atoms with van der Waals surface area (Å²) in [7, 11) is 0. The van der Waals surface area contributed by atoms with Gasteiger partial charge in [-0.05, 0) is 41.8 Å². The summed E-state index contributed by atoms with van der Waals surface area (Å²) in [5.74, 6) is -1.82. The molecule has 0 spiro atoms. The number of carbonyl (C=O) groups excluding carboxylic acids is 2. The van der Waals surface area contributed by atoms with Crippen LogP contribution in [0.4, 0.5) is 4.39 Å². The van der Waals surface area contributed by atoms with Gasteiger partial charge in [-0.2, -0.15) is 4.57 Å². The molecule has 0 bridgehead atoms. The number of pyridine rings is 1. The molecular weight excluding hydrogens is 530 g/mol. The highest BCUT2D eigenvalue weighted by molar-refractivity contribution is 6.44. The normalized spacial score (nSPS) is 13.8. The Kier molecular flexibility index (Phi) is 6.77. The van der Waals surface area contributed by atoms with Crippen LogP contribution in [-0.2, 0) is 16.1 Å². The molecule has 2 aromatic heterocycles. The lowest BCUT2D eigenvalue weighted by molar-refractivity contribution is -0.576. The van der Waals surface area contributed by atoms with Crippen molar-refractivity contribution < 1.29 is 18.5 Å². The molecule has 7 nitrogen and oxygen atoms in total. The molecule has 1 N–H and O–H groups in total. The Morgan fingerprint density at radius 2 is 1.61 bits per heavy atom. The lowest BCUT2D eigenvalue weighted by atomic mass is 9.98. The number of nitrogens with zero attached hydrogens (tertiary/aromatic N) is 3. The van der Waals surface area contributed by atoms with Crippen molar-refractivity contribution in [1.82, 2.24) is 14.7 Å². The van der Waals surface area contributed by atoms with E-state index in [9.17, 15) is 18.8 Å². The fourth-order valence-corrected chi connectivity index (χ4v) is 4.70. The molecule has 0 unspecified atom stereocenters. The van der Waals surface area contributed by atoms with Crippen molar-refractivity contribution in [3.8, 4) is 5.69 Å². The van der Waals surface area contributed by atoms with E-state index in [0.717, 1.165) is 4.90 Å². The smallest absolute Gasteiger partial charge is 0.294 e. The van der Waals surface area contributed by atoms with Gasteiger partial charge < -0.3 is 0 Å². The zero-order valence-corrected chi connectivity index (χ0v) is 21.9. The maximum absolute atomic E-state index is 13.9. The topological polar surface area (TPSA) is 79.1 Å². The van der Waals surface area contributed by atoms with E-state index in [-0.39, 0.29) is 34.3 Å². The zero-order chi connectivity index (χ0) is 27.1. The van der Waals surface area contributed by atoms with E-state index in [0.29, 0.717) is 22.0 Å². The summed E-state index contributed by atoms with van der Waals surface area (Å²) in [6, 6.07) is 15.5. The summed E-state index contributed by atoms with van der Waals surface area (Å²) in [6.45, 7) is 3.67. The van der Waals surface area contributed by atoms with Crippen LogP contribution < -0.4 is 10.1 Å². The summed E-state index contributed by atoms with van der Waals surface area (Å²) < 4.78 is 16.3. The maximum atomic E-state index is 13.9. The molecule has 2 aromatic carbocycles. The van der Waals surface area contributed by atoms with Crippen LogP contribution in [0.1, 0.15) is 36.6 Å². The average molecular weight is 552 g/mol. The fraction of sp³-hybridized carbons (Fsp3) is 0.143. The summed E-state index contributed by atoms with van der Waals surface area (Å²) in [4.78, 5) is 42.6. The van der Waals surface area contributed by atoms with Crippen molar-refractivity contribution in [2.75, 3.05) is 0 Å². The zero-order valence-electron chi connectivity index (χ0n) is 20.4. The van der Waals surface area contributed by atoms with E-state index in [1.54, 1.807) is 48.8 Å². The number of hydrogen-bond donors (Lipinski definition) is 1. The van der Waals surface area contributed by atoms with Gasteiger partial charge in [0.15, 0.2) is 12.4 Å². The van der Waals surface area contributed by atoms with Gasteiger partial charge in [0, 0.05) is 17.8 Å². The van der Waals surface area contributed by atoms with E-state index < -0.39 is 23.2 Å². The molecule has 0 radical (unpaired) electrons. The first-order chi connectivity index (χ1) is 18.2. The molecule has 10 heteroatoms. The van der Waals surface area contributed by atoms with Crippen molar-refractivity contribution in [1.29, 1.82) is 0 Å². The van der Waals surface area contributed by atoms with Crippen molar-refractivity contribution >= 4 is 46.3 Å². The van der Waals surface area contributed by atoms with Crippen LogP contribution in [-0.4, -0.2) is 26.5 Å². The van der Waals surface area contributed by atoms with Gasteiger partial charge in [0.2, 0.25) is 0 Å². The third-order valence-corrected chi connectivity index (χ3v) is 7.02. The predicted molar refractivity (Wildman–Crippen MR) is 142 cm³/mol. The number of H-pyrrole nitrogens is 1. The summed E-state index contributed by atoms with van der Waals surface area (Å²) in [5.41, 5.74) is 1.09. The Balaban J connectivity index is 1.72. The van der Waals surface area contributed by atoms with Gasteiger partial charge >= 0.3 is 5.91 Å². The first-order valence-corrected chi connectivity index (χ1v) is 12.5. The van der Waals surface area contributed by atoms with Crippen LogP contribution in [0, 0.1) is 5.82 Å². The molecule has 0 saturated carbocycles. The lowest BCUT2D eigenvalue weighted by Gasteiger charge is -2.14. The second-order valence-electron chi connectivity index (χ2n) is 9.12. The number of aromatic nitrogens is 3. The number of hydrogen-bond acceptors (Lipinski definition) is 3. The first-order valence-electron chi connectivity index (χ1n) is 11.8. The SMILES string of the molecule is CC(C)c1[nH]n(-c2ccc(Cl)c(Cl)c2)c(=O)c1C1=C([n+]2ccccc2)C(=O)N(Cc2ccc(F)cc2)C1=O. The van der Waals surface area contributed by atoms with E-state index in [2.05, 4.69) is 5.10 Å². The molecule has 1 aliphatic rings. The standard InChI is InChI=1S/C28H21Cl2FN4O3/c1-16(2)24-22(27(37)35(32-24)19-10-11-20(29)21(30)14-19)23-25(33-12-4-3-5-13-33)28(38)34(26(23)36)15-17-6-8-18(31)9-7-17/h3-14,16H,15H2,1-2H3/p+1. The van der Waals surface area contributed by atoms with Crippen LogP contribution in [0.3, 0.4) is 0 Å². The molecule has 0 atom stereocenters. The molecule has 2 amide bonds. The van der Waals surface area contributed by atoms with Gasteiger partial charge in [-0.15, -0.1) is 0 Å². The molecule has 0 saturated heterocycles. The minimum Gasteiger partial charge on any atom is -0.294 e. The number of aromatic amines is 1. The Hall–Kier alpha value is -4.01. The molecule has 192 valence electrons. The minimum absolute atomic E-state index is 0.0166. The van der Waals surface area contributed by atoms with E-state index >= 15 is 0 Å². The Bertz CT molecular complexity index is 1660. The summed E-state index contributed by atoms with van der Waals surface area (Å²) >= 11 is 12.3. The fourth-order valence-electron chi connectivity index (χ4n) is 4.41. The Morgan fingerprint density at radius 3 is 2.24 bits per heavy atom. The highest BCUT2D eigenvalue weighted by atomic mass is 35.5. The lowest BCUT2D eigenvalue weighted by Crippen LogP contribution is -2.39. The number of rotatable bonds is 6. The van der Waals surface area contributed by atoms with Crippen LogP contribution in [0.25, 0.3) is 17.0 Å². The van der Waals surface area contributed by atoms with E-state index in [4.69, 9.17) is 23.2 Å². The molecule has 1 aliphatic heterocycles. The van der Waals surface area contributed by atoms with Crippen molar-refractivity contribution in [2.24, 2.45) is 0 Å². The quantitative estimate of drug-likeness (QED) is 0.271. The second kappa shape index (κ2) is 10.0. The monoisotopic (exact) mass is 551 g/mol. The minimum atomic E-state index is -0.620. The summed E-state index contributed by atoms with van der Waals surface area (Å²) in [5, 5.41) is 3.69. The van der Waals surface area contributed by atoms with Crippen LogP contribution in [0.2, 0.25) is 10.0 Å². The Morgan fingerprint density at radius 1 is 0.921 bits per heavy atom. The highest BCUT2D eigenvalue weighted by Crippen LogP contribution is 2.33. The van der Waals surface area contributed by atoms with E-state index in [1.165, 1.54) is 33.5 Å². The van der Waals surface area contributed by atoms with Crippen LogP contribution >= 0.6 is 23.2 Å². The number of imide groups is 1. The van der Waals surface area contributed by atoms with Gasteiger partial charge in [-0.25, -0.2) is 9.07 Å². The molecular formula is C28H22Cl2FN4O3+. The van der Waals surface area contributed by atoms with Crippen molar-refractivity contribution in [2.45, 2.75) is 26.3 Å². The van der Waals surface area contributed by atoms with Gasteiger partial charge in [0.05, 0.1) is 27.8 Å². The largest absolute Gasteiger partial charge is 0.327 e. The van der Waals surface area contributed by atoms with Crippen molar-refractivity contribution in [3.05, 3.63) is 116 Å². The molecule has 38 heavy (non-hydrogen) atoms. The Labute approximate surface area is 227 Å².